The van der Waals surface area contributed by atoms with Gasteiger partial charge >= 0.3 is 0 Å². The van der Waals surface area contributed by atoms with E-state index < -0.39 is 0 Å². The van der Waals surface area contributed by atoms with Crippen LogP contribution in [0.4, 0.5) is 0 Å². The molecule has 2 aromatic rings. The van der Waals surface area contributed by atoms with Crippen LogP contribution in [0.25, 0.3) is 11.1 Å². The summed E-state index contributed by atoms with van der Waals surface area (Å²) in [6, 6.07) is 9.36. The van der Waals surface area contributed by atoms with Crippen molar-refractivity contribution in [3.63, 3.8) is 0 Å². The van der Waals surface area contributed by atoms with Crippen molar-refractivity contribution >= 4 is 5.78 Å². The lowest BCUT2D eigenvalue weighted by atomic mass is 10.00. The summed E-state index contributed by atoms with van der Waals surface area (Å²) in [4.78, 5) is 11.3. The Morgan fingerprint density at radius 1 is 1.21 bits per heavy atom. The second kappa shape index (κ2) is 3.50. The first kappa shape index (κ1) is 8.75. The summed E-state index contributed by atoms with van der Waals surface area (Å²) in [6.45, 7) is 1.57. The number of furan rings is 1. The first-order chi connectivity index (χ1) is 6.79. The number of benzene rings is 1. The quantitative estimate of drug-likeness (QED) is 0.674. The minimum Gasteiger partial charge on any atom is -0.472 e. The predicted molar refractivity (Wildman–Crippen MR) is 54.1 cm³/mol. The van der Waals surface area contributed by atoms with Crippen LogP contribution in [0.5, 0.6) is 0 Å². The van der Waals surface area contributed by atoms with Crippen LogP contribution in [-0.4, -0.2) is 5.78 Å². The molecule has 0 saturated carbocycles. The Balaban J connectivity index is 2.58. The van der Waals surface area contributed by atoms with E-state index in [9.17, 15) is 4.79 Å². The number of hydrogen-bond donors (Lipinski definition) is 0. The Kier molecular flexibility index (Phi) is 2.19. The second-order valence-corrected chi connectivity index (χ2v) is 3.11. The predicted octanol–water partition coefficient (Wildman–Crippen LogP) is 3.15. The lowest BCUT2D eigenvalue weighted by Crippen LogP contribution is -1.94. The Morgan fingerprint density at radius 2 is 2.00 bits per heavy atom. The molecule has 14 heavy (non-hydrogen) atoms. The van der Waals surface area contributed by atoms with Crippen molar-refractivity contribution in [2.75, 3.05) is 0 Å². The first-order valence-corrected chi connectivity index (χ1v) is 4.41. The topological polar surface area (TPSA) is 30.2 Å². The van der Waals surface area contributed by atoms with Crippen LogP contribution in [-0.2, 0) is 0 Å². The largest absolute Gasteiger partial charge is 0.472 e. The molecule has 1 heterocycles. The lowest BCUT2D eigenvalue weighted by molar-refractivity contribution is 0.101. The molecule has 0 spiro atoms. The summed E-state index contributed by atoms with van der Waals surface area (Å²) in [7, 11) is 0. The van der Waals surface area contributed by atoms with Gasteiger partial charge in [0.15, 0.2) is 5.78 Å². The first-order valence-electron chi connectivity index (χ1n) is 4.41. The summed E-state index contributed by atoms with van der Waals surface area (Å²) in [6.07, 6.45) is 3.24. The number of carbonyl (C=O) groups is 1. The van der Waals surface area contributed by atoms with Gasteiger partial charge in [0.2, 0.25) is 0 Å². The highest BCUT2D eigenvalue weighted by atomic mass is 16.3. The molecule has 0 amide bonds. The number of rotatable bonds is 2. The zero-order chi connectivity index (χ0) is 9.97. The van der Waals surface area contributed by atoms with Crippen LogP contribution in [0.1, 0.15) is 17.3 Å². The molecule has 2 rings (SSSR count). The van der Waals surface area contributed by atoms with Gasteiger partial charge in [0, 0.05) is 11.1 Å². The van der Waals surface area contributed by atoms with E-state index in [0.29, 0.717) is 0 Å². The maximum atomic E-state index is 11.3. The van der Waals surface area contributed by atoms with Gasteiger partial charge in [-0.3, -0.25) is 4.79 Å². The van der Waals surface area contributed by atoms with Gasteiger partial charge in [0.05, 0.1) is 12.5 Å². The smallest absolute Gasteiger partial charge is 0.160 e. The molecule has 1 aromatic heterocycles. The molecule has 0 unspecified atom stereocenters. The second-order valence-electron chi connectivity index (χ2n) is 3.11. The number of carbonyl (C=O) groups excluding carboxylic acids is 1. The molecule has 0 saturated heterocycles. The molecular formula is C12H10O2. The van der Waals surface area contributed by atoms with Gasteiger partial charge in [-0.15, -0.1) is 0 Å². The Bertz CT molecular complexity index is 441. The van der Waals surface area contributed by atoms with Crippen molar-refractivity contribution in [1.82, 2.24) is 0 Å². The third kappa shape index (κ3) is 1.46. The molecule has 0 fully saturated rings. The molecule has 2 heteroatoms. The summed E-state index contributed by atoms with van der Waals surface area (Å²) < 4.78 is 4.99. The molecule has 70 valence electrons. The molecule has 0 aliphatic heterocycles. The van der Waals surface area contributed by atoms with E-state index in [1.54, 1.807) is 19.5 Å². The molecule has 0 bridgehead atoms. The summed E-state index contributed by atoms with van der Waals surface area (Å²) in [5, 5.41) is 0. The van der Waals surface area contributed by atoms with Crippen molar-refractivity contribution < 1.29 is 9.21 Å². The van der Waals surface area contributed by atoms with E-state index in [-0.39, 0.29) is 5.78 Å². The van der Waals surface area contributed by atoms with Crippen molar-refractivity contribution in [2.45, 2.75) is 6.92 Å². The van der Waals surface area contributed by atoms with Gasteiger partial charge < -0.3 is 4.42 Å². The van der Waals surface area contributed by atoms with Crippen LogP contribution >= 0.6 is 0 Å². The van der Waals surface area contributed by atoms with Crippen molar-refractivity contribution in [2.24, 2.45) is 0 Å². The molecule has 0 aliphatic rings. The fourth-order valence-electron chi connectivity index (χ4n) is 1.46. The molecule has 0 aliphatic carbocycles. The van der Waals surface area contributed by atoms with Gasteiger partial charge in [-0.1, -0.05) is 24.3 Å². The maximum absolute atomic E-state index is 11.3. The summed E-state index contributed by atoms with van der Waals surface area (Å²) >= 11 is 0. The summed E-state index contributed by atoms with van der Waals surface area (Å²) in [5.74, 6) is 0.0711. The third-order valence-corrected chi connectivity index (χ3v) is 2.14. The lowest BCUT2D eigenvalue weighted by Gasteiger charge is -2.02. The van der Waals surface area contributed by atoms with E-state index in [1.807, 2.05) is 30.3 Å². The van der Waals surface area contributed by atoms with E-state index in [1.165, 1.54) is 0 Å². The van der Waals surface area contributed by atoms with Gasteiger partial charge in [-0.2, -0.15) is 0 Å². The zero-order valence-electron chi connectivity index (χ0n) is 7.86. The van der Waals surface area contributed by atoms with Crippen molar-refractivity contribution in [1.29, 1.82) is 0 Å². The third-order valence-electron chi connectivity index (χ3n) is 2.14. The van der Waals surface area contributed by atoms with Gasteiger partial charge in [-0.25, -0.2) is 0 Å². The molecule has 0 radical (unpaired) electrons. The Hall–Kier alpha value is -1.83. The van der Waals surface area contributed by atoms with Crippen LogP contribution in [0.2, 0.25) is 0 Å². The van der Waals surface area contributed by atoms with Gasteiger partial charge in [-0.05, 0) is 18.6 Å². The number of ketones is 1. The normalized spacial score (nSPS) is 10.1. The van der Waals surface area contributed by atoms with E-state index in [2.05, 4.69) is 0 Å². The minimum absolute atomic E-state index is 0.0711. The van der Waals surface area contributed by atoms with Crippen LogP contribution in [0, 0.1) is 0 Å². The zero-order valence-corrected chi connectivity index (χ0v) is 7.86. The highest BCUT2D eigenvalue weighted by Gasteiger charge is 2.08. The van der Waals surface area contributed by atoms with E-state index in [4.69, 9.17) is 4.42 Å². The SMILES string of the molecule is CC(=O)c1ccccc1-c1ccoc1. The minimum atomic E-state index is 0.0711. The van der Waals surface area contributed by atoms with E-state index in [0.717, 1.165) is 16.7 Å². The van der Waals surface area contributed by atoms with E-state index >= 15 is 0 Å². The standard InChI is InChI=1S/C12H10O2/c1-9(13)11-4-2-3-5-12(11)10-6-7-14-8-10/h2-8H,1H3. The molecule has 0 N–H and O–H groups in total. The Morgan fingerprint density at radius 3 is 2.64 bits per heavy atom. The highest BCUT2D eigenvalue weighted by Crippen LogP contribution is 2.24. The van der Waals surface area contributed by atoms with Crippen LogP contribution in [0.15, 0.2) is 47.3 Å². The molecule has 2 nitrogen and oxygen atoms in total. The average molecular weight is 186 g/mol. The number of Topliss-reactive ketones (excluding diaryl/α,β-unsaturated/α-hetero) is 1. The fraction of sp³-hybridized carbons (Fsp3) is 0.0833. The summed E-state index contributed by atoms with van der Waals surface area (Å²) in [5.41, 5.74) is 2.60. The molecular weight excluding hydrogens is 176 g/mol. The van der Waals surface area contributed by atoms with Gasteiger partial charge in [0.25, 0.3) is 0 Å². The van der Waals surface area contributed by atoms with Crippen LogP contribution in [0.3, 0.4) is 0 Å². The van der Waals surface area contributed by atoms with Crippen molar-refractivity contribution in [3.8, 4) is 11.1 Å². The molecule has 1 aromatic carbocycles. The number of hydrogen-bond acceptors (Lipinski definition) is 2. The monoisotopic (exact) mass is 186 g/mol. The van der Waals surface area contributed by atoms with Crippen LogP contribution < -0.4 is 0 Å². The van der Waals surface area contributed by atoms with Crippen molar-refractivity contribution in [3.05, 3.63) is 48.4 Å². The average Bonchev–Trinajstić information content (AvgIpc) is 2.70. The van der Waals surface area contributed by atoms with Gasteiger partial charge in [0.1, 0.15) is 0 Å². The fourth-order valence-corrected chi connectivity index (χ4v) is 1.46. The maximum Gasteiger partial charge on any atom is 0.160 e. The Labute approximate surface area is 82.2 Å². The highest BCUT2D eigenvalue weighted by molar-refractivity contribution is 6.00. The molecule has 0 atom stereocenters.